The van der Waals surface area contributed by atoms with Gasteiger partial charge in [-0.05, 0) is 35.7 Å². The van der Waals surface area contributed by atoms with Crippen molar-refractivity contribution >= 4 is 10.0 Å². The Labute approximate surface area is 142 Å². The molecular weight excluding hydrogens is 327 g/mol. The minimum atomic E-state index is -3.45. The zero-order valence-electron chi connectivity index (χ0n) is 13.3. The van der Waals surface area contributed by atoms with Crippen LogP contribution in [0.25, 0.3) is 0 Å². The highest BCUT2D eigenvalue weighted by Crippen LogP contribution is 2.34. The molecule has 6 heteroatoms. The Hall–Kier alpha value is -1.76. The van der Waals surface area contributed by atoms with Crippen LogP contribution in [-0.2, 0) is 15.8 Å². The third-order valence-corrected chi connectivity index (χ3v) is 6.38. The zero-order valence-corrected chi connectivity index (χ0v) is 14.1. The molecule has 0 saturated carbocycles. The number of nitrogens with two attached hydrogens (primary N) is 1. The Kier molecular flexibility index (Phi) is 4.99. The van der Waals surface area contributed by atoms with Crippen molar-refractivity contribution in [2.45, 2.75) is 11.7 Å². The summed E-state index contributed by atoms with van der Waals surface area (Å²) >= 11 is 0. The van der Waals surface area contributed by atoms with Crippen LogP contribution in [0, 0.1) is 11.7 Å². The van der Waals surface area contributed by atoms with Crippen LogP contribution < -0.4 is 5.73 Å². The Morgan fingerprint density at radius 3 is 2.33 bits per heavy atom. The van der Waals surface area contributed by atoms with Crippen LogP contribution in [0.15, 0.2) is 54.6 Å². The predicted octanol–water partition coefficient (Wildman–Crippen LogP) is 2.33. The first-order valence-electron chi connectivity index (χ1n) is 7.97. The van der Waals surface area contributed by atoms with Crippen LogP contribution in [0.3, 0.4) is 0 Å². The van der Waals surface area contributed by atoms with Gasteiger partial charge in [0.2, 0.25) is 10.0 Å². The second-order valence-electron chi connectivity index (χ2n) is 6.21. The Bertz CT molecular complexity index is 778. The maximum absolute atomic E-state index is 13.0. The quantitative estimate of drug-likeness (QED) is 0.902. The van der Waals surface area contributed by atoms with E-state index in [2.05, 4.69) is 0 Å². The van der Waals surface area contributed by atoms with Crippen molar-refractivity contribution in [1.82, 2.24) is 4.31 Å². The molecule has 128 valence electrons. The first kappa shape index (κ1) is 17.1. The molecule has 1 aliphatic heterocycles. The third kappa shape index (κ3) is 3.66. The summed E-state index contributed by atoms with van der Waals surface area (Å²) in [5.41, 5.74) is 7.58. The van der Waals surface area contributed by atoms with Crippen LogP contribution in [0.5, 0.6) is 0 Å². The number of hydrogen-bond donors (Lipinski definition) is 1. The number of nitrogens with zero attached hydrogens (tertiary/aromatic N) is 1. The molecule has 0 spiro atoms. The first-order valence-corrected chi connectivity index (χ1v) is 9.58. The van der Waals surface area contributed by atoms with Crippen LogP contribution in [0.2, 0.25) is 0 Å². The molecule has 1 fully saturated rings. The highest BCUT2D eigenvalue weighted by molar-refractivity contribution is 7.88. The lowest BCUT2D eigenvalue weighted by Gasteiger charge is -2.17. The second kappa shape index (κ2) is 7.01. The molecule has 0 radical (unpaired) electrons. The summed E-state index contributed by atoms with van der Waals surface area (Å²) in [5, 5.41) is 0. The van der Waals surface area contributed by atoms with E-state index in [1.807, 2.05) is 30.3 Å². The molecule has 4 nitrogen and oxygen atoms in total. The Morgan fingerprint density at radius 1 is 1.04 bits per heavy atom. The largest absolute Gasteiger partial charge is 0.330 e. The van der Waals surface area contributed by atoms with Gasteiger partial charge in [0.25, 0.3) is 0 Å². The molecule has 3 rings (SSSR count). The van der Waals surface area contributed by atoms with Crippen molar-refractivity contribution in [3.8, 4) is 0 Å². The summed E-state index contributed by atoms with van der Waals surface area (Å²) in [7, 11) is -3.45. The number of benzene rings is 2. The van der Waals surface area contributed by atoms with Crippen molar-refractivity contribution in [2.24, 2.45) is 11.7 Å². The van der Waals surface area contributed by atoms with Crippen LogP contribution in [0.4, 0.5) is 4.39 Å². The summed E-state index contributed by atoms with van der Waals surface area (Å²) in [6, 6.07) is 15.5. The molecule has 0 aliphatic carbocycles. The minimum absolute atomic E-state index is 0.107. The topological polar surface area (TPSA) is 63.4 Å². The maximum atomic E-state index is 13.0. The van der Waals surface area contributed by atoms with E-state index in [0.717, 1.165) is 5.56 Å². The molecule has 0 aromatic heterocycles. The number of sulfonamides is 1. The molecule has 2 N–H and O–H groups in total. The van der Waals surface area contributed by atoms with E-state index in [1.165, 1.54) is 28.6 Å². The van der Waals surface area contributed by atoms with Gasteiger partial charge in [-0.15, -0.1) is 0 Å². The highest BCUT2D eigenvalue weighted by atomic mass is 32.2. The SMILES string of the molecule is NC[C@@H]1CN(S(=O)(=O)Cc2ccc(F)cc2)C[C@H]1c1ccccc1. The third-order valence-electron chi connectivity index (χ3n) is 4.59. The highest BCUT2D eigenvalue weighted by Gasteiger charge is 2.38. The van der Waals surface area contributed by atoms with E-state index >= 15 is 0 Å². The van der Waals surface area contributed by atoms with Crippen molar-refractivity contribution in [2.75, 3.05) is 19.6 Å². The van der Waals surface area contributed by atoms with Gasteiger partial charge in [-0.2, -0.15) is 0 Å². The molecule has 0 unspecified atom stereocenters. The van der Waals surface area contributed by atoms with Gasteiger partial charge in [0.15, 0.2) is 0 Å². The van der Waals surface area contributed by atoms with Gasteiger partial charge in [-0.25, -0.2) is 17.1 Å². The van der Waals surface area contributed by atoms with Gasteiger partial charge in [0.1, 0.15) is 5.82 Å². The van der Waals surface area contributed by atoms with Gasteiger partial charge in [0.05, 0.1) is 5.75 Å². The van der Waals surface area contributed by atoms with Crippen molar-refractivity contribution in [1.29, 1.82) is 0 Å². The van der Waals surface area contributed by atoms with Gasteiger partial charge in [-0.1, -0.05) is 42.5 Å². The van der Waals surface area contributed by atoms with Crippen molar-refractivity contribution in [3.05, 3.63) is 71.5 Å². The minimum Gasteiger partial charge on any atom is -0.330 e. The standard InChI is InChI=1S/C18H21FN2O2S/c19-17-8-6-14(7-9-17)13-24(22,23)21-11-16(10-20)18(12-21)15-4-2-1-3-5-15/h1-9,16,18H,10-13,20H2/t16-,18+/m1/s1. The smallest absolute Gasteiger partial charge is 0.218 e. The van der Waals surface area contributed by atoms with Crippen LogP contribution >= 0.6 is 0 Å². The summed E-state index contributed by atoms with van der Waals surface area (Å²) < 4.78 is 39.9. The van der Waals surface area contributed by atoms with Crippen molar-refractivity contribution < 1.29 is 12.8 Å². The fourth-order valence-electron chi connectivity index (χ4n) is 3.26. The summed E-state index contributed by atoms with van der Waals surface area (Å²) in [6.45, 7) is 1.32. The van der Waals surface area contributed by atoms with E-state index < -0.39 is 10.0 Å². The number of hydrogen-bond acceptors (Lipinski definition) is 3. The molecule has 1 heterocycles. The van der Waals surface area contributed by atoms with Gasteiger partial charge >= 0.3 is 0 Å². The molecule has 2 aromatic rings. The van der Waals surface area contributed by atoms with Gasteiger partial charge in [0, 0.05) is 19.0 Å². The molecule has 2 aromatic carbocycles. The fraction of sp³-hybridized carbons (Fsp3) is 0.333. The lowest BCUT2D eigenvalue weighted by Crippen LogP contribution is -2.31. The molecule has 1 saturated heterocycles. The summed E-state index contributed by atoms with van der Waals surface area (Å²) in [6.07, 6.45) is 0. The van der Waals surface area contributed by atoms with Gasteiger partial charge in [-0.3, -0.25) is 0 Å². The maximum Gasteiger partial charge on any atom is 0.218 e. The average Bonchev–Trinajstić information content (AvgIpc) is 3.03. The molecule has 0 amide bonds. The molecular formula is C18H21FN2O2S. The average molecular weight is 348 g/mol. The lowest BCUT2D eigenvalue weighted by atomic mass is 9.89. The zero-order chi connectivity index (χ0) is 17.2. The Balaban J connectivity index is 1.78. The van der Waals surface area contributed by atoms with E-state index in [0.29, 0.717) is 25.2 Å². The number of rotatable bonds is 5. The predicted molar refractivity (Wildman–Crippen MR) is 92.3 cm³/mol. The molecule has 24 heavy (non-hydrogen) atoms. The second-order valence-corrected chi connectivity index (χ2v) is 8.18. The molecule has 0 bridgehead atoms. The van der Waals surface area contributed by atoms with Crippen LogP contribution in [0.1, 0.15) is 17.0 Å². The van der Waals surface area contributed by atoms with E-state index in [-0.39, 0.29) is 23.4 Å². The molecule has 1 aliphatic rings. The fourth-order valence-corrected chi connectivity index (χ4v) is 4.86. The monoisotopic (exact) mass is 348 g/mol. The summed E-state index contributed by atoms with van der Waals surface area (Å²) in [5.74, 6) is -0.272. The lowest BCUT2D eigenvalue weighted by molar-refractivity contribution is 0.458. The van der Waals surface area contributed by atoms with E-state index in [1.54, 1.807) is 0 Å². The van der Waals surface area contributed by atoms with E-state index in [4.69, 9.17) is 5.73 Å². The van der Waals surface area contributed by atoms with Gasteiger partial charge < -0.3 is 5.73 Å². The first-order chi connectivity index (χ1) is 11.5. The van der Waals surface area contributed by atoms with Crippen molar-refractivity contribution in [3.63, 3.8) is 0 Å². The number of halogens is 1. The normalized spacial score (nSPS) is 21.9. The van der Waals surface area contributed by atoms with Crippen LogP contribution in [-0.4, -0.2) is 32.4 Å². The summed E-state index contributed by atoms with van der Waals surface area (Å²) in [4.78, 5) is 0. The molecule has 2 atom stereocenters. The van der Waals surface area contributed by atoms with E-state index in [9.17, 15) is 12.8 Å². The Morgan fingerprint density at radius 2 is 1.71 bits per heavy atom.